The number of rotatable bonds is 3. The number of aromatic nitrogens is 2. The lowest BCUT2D eigenvalue weighted by atomic mass is 10.4. The molecule has 6 heteroatoms. The Morgan fingerprint density at radius 2 is 2.11 bits per heavy atom. The van der Waals surface area contributed by atoms with Crippen LogP contribution in [0.4, 0.5) is 5.82 Å². The van der Waals surface area contributed by atoms with Gasteiger partial charge in [0.1, 0.15) is 18.5 Å². The molecule has 1 unspecified atom stereocenters. The van der Waals surface area contributed by atoms with Crippen LogP contribution in [0.2, 0.25) is 0 Å². The van der Waals surface area contributed by atoms with Gasteiger partial charge in [-0.1, -0.05) is 13.8 Å². The third-order valence-electron chi connectivity index (χ3n) is 2.13. The smallest absolute Gasteiger partial charge is 0.232 e. The third-order valence-corrected chi connectivity index (χ3v) is 2.13. The summed E-state index contributed by atoms with van der Waals surface area (Å²) in [5.74, 6) is 0.275. The summed E-state index contributed by atoms with van der Waals surface area (Å²) in [6.45, 7) is 8.66. The van der Waals surface area contributed by atoms with Gasteiger partial charge in [0, 0.05) is 0 Å². The maximum Gasteiger partial charge on any atom is 0.232 e. The predicted molar refractivity (Wildman–Crippen MR) is 68.2 cm³/mol. The molecule has 1 aliphatic rings. The molecule has 1 aromatic rings. The van der Waals surface area contributed by atoms with Gasteiger partial charge in [0.15, 0.2) is 5.79 Å². The Morgan fingerprint density at radius 1 is 1.39 bits per heavy atom. The van der Waals surface area contributed by atoms with Crippen molar-refractivity contribution in [2.45, 2.75) is 39.6 Å². The van der Waals surface area contributed by atoms with Gasteiger partial charge in [-0.2, -0.15) is 0 Å². The Balaban J connectivity index is 0.000000771. The Hall–Kier alpha value is -1.40. The van der Waals surface area contributed by atoms with Gasteiger partial charge in [-0.3, -0.25) is 0 Å². The van der Waals surface area contributed by atoms with Crippen LogP contribution in [-0.4, -0.2) is 35.1 Å². The van der Waals surface area contributed by atoms with Gasteiger partial charge in [-0.25, -0.2) is 9.97 Å². The number of hydrogen-bond acceptors (Lipinski definition) is 6. The van der Waals surface area contributed by atoms with Crippen molar-refractivity contribution in [2.75, 3.05) is 18.9 Å². The van der Waals surface area contributed by atoms with Crippen LogP contribution in [-0.2, 0) is 9.47 Å². The van der Waals surface area contributed by atoms with Crippen molar-refractivity contribution >= 4 is 5.82 Å². The minimum atomic E-state index is -0.527. The molecular formula is C12H21N3O3. The number of ether oxygens (including phenoxy) is 3. The van der Waals surface area contributed by atoms with Gasteiger partial charge in [0.2, 0.25) is 5.88 Å². The van der Waals surface area contributed by atoms with E-state index in [9.17, 15) is 0 Å². The molecular weight excluding hydrogens is 234 g/mol. The van der Waals surface area contributed by atoms with Crippen LogP contribution in [0, 0.1) is 0 Å². The largest absolute Gasteiger partial charge is 0.474 e. The molecule has 2 N–H and O–H groups in total. The fourth-order valence-corrected chi connectivity index (χ4v) is 1.42. The van der Waals surface area contributed by atoms with Crippen molar-refractivity contribution in [2.24, 2.45) is 0 Å². The Labute approximate surface area is 107 Å². The lowest BCUT2D eigenvalue weighted by molar-refractivity contribution is -0.141. The molecule has 0 amide bonds. The fraction of sp³-hybridized carbons (Fsp3) is 0.667. The molecule has 1 atom stereocenters. The number of nitrogen functional groups attached to an aromatic ring is 1. The van der Waals surface area contributed by atoms with Crippen molar-refractivity contribution in [1.82, 2.24) is 9.97 Å². The first-order chi connectivity index (χ1) is 8.55. The molecule has 2 heterocycles. The van der Waals surface area contributed by atoms with E-state index in [-0.39, 0.29) is 6.10 Å². The molecule has 102 valence electrons. The highest BCUT2D eigenvalue weighted by Crippen LogP contribution is 2.22. The van der Waals surface area contributed by atoms with Crippen molar-refractivity contribution in [3.05, 3.63) is 12.4 Å². The summed E-state index contributed by atoms with van der Waals surface area (Å²) < 4.78 is 16.4. The first kappa shape index (κ1) is 14.7. The predicted octanol–water partition coefficient (Wildman–Crippen LogP) is 1.62. The number of anilines is 1. The van der Waals surface area contributed by atoms with Crippen LogP contribution >= 0.6 is 0 Å². The average Bonchev–Trinajstić information content (AvgIpc) is 2.71. The maximum atomic E-state index is 5.57. The van der Waals surface area contributed by atoms with Crippen molar-refractivity contribution in [3.63, 3.8) is 0 Å². The average molecular weight is 255 g/mol. The van der Waals surface area contributed by atoms with E-state index in [2.05, 4.69) is 9.97 Å². The van der Waals surface area contributed by atoms with E-state index < -0.39 is 5.79 Å². The van der Waals surface area contributed by atoms with Gasteiger partial charge in [0.25, 0.3) is 0 Å². The van der Waals surface area contributed by atoms with E-state index in [4.69, 9.17) is 19.9 Å². The molecule has 1 aliphatic heterocycles. The van der Waals surface area contributed by atoms with Crippen LogP contribution in [0.5, 0.6) is 5.88 Å². The summed E-state index contributed by atoms with van der Waals surface area (Å²) in [5, 5.41) is 0. The molecule has 18 heavy (non-hydrogen) atoms. The number of nitrogens with zero attached hydrogens (tertiary/aromatic N) is 2. The van der Waals surface area contributed by atoms with Gasteiger partial charge in [0.05, 0.1) is 19.0 Å². The zero-order chi connectivity index (χ0) is 13.6. The summed E-state index contributed by atoms with van der Waals surface area (Å²) in [6, 6.07) is 0. The van der Waals surface area contributed by atoms with Crippen LogP contribution in [0.25, 0.3) is 0 Å². The van der Waals surface area contributed by atoms with Gasteiger partial charge in [-0.15, -0.1) is 0 Å². The van der Waals surface area contributed by atoms with Crippen molar-refractivity contribution in [3.8, 4) is 5.88 Å². The normalized spacial score (nSPS) is 21.0. The minimum Gasteiger partial charge on any atom is -0.474 e. The van der Waals surface area contributed by atoms with Crippen LogP contribution in [0.3, 0.4) is 0 Å². The second-order valence-electron chi connectivity index (χ2n) is 4.04. The second-order valence-corrected chi connectivity index (χ2v) is 4.04. The summed E-state index contributed by atoms with van der Waals surface area (Å²) >= 11 is 0. The van der Waals surface area contributed by atoms with Crippen LogP contribution < -0.4 is 10.5 Å². The molecule has 6 nitrogen and oxygen atoms in total. The second kappa shape index (κ2) is 6.51. The Morgan fingerprint density at radius 3 is 2.61 bits per heavy atom. The SMILES string of the molecule is CC.CC1(C)OCC(COc2cnc(N)cn2)O1. The molecule has 0 aromatic carbocycles. The molecule has 1 saturated heterocycles. The molecule has 0 aliphatic carbocycles. The van der Waals surface area contributed by atoms with E-state index in [0.29, 0.717) is 24.9 Å². The standard InChI is InChI=1S/C10H15N3O3.C2H6/c1-10(2)15-6-7(16-10)5-14-9-4-12-8(11)3-13-9;1-2/h3-4,7H,5-6H2,1-2H3,(H2,11,12);1-2H3. The molecule has 2 rings (SSSR count). The summed E-state index contributed by atoms with van der Waals surface area (Å²) in [7, 11) is 0. The zero-order valence-corrected chi connectivity index (χ0v) is 11.3. The lowest BCUT2D eigenvalue weighted by Gasteiger charge is -2.17. The molecule has 0 spiro atoms. The van der Waals surface area contributed by atoms with E-state index in [0.717, 1.165) is 0 Å². The minimum absolute atomic E-state index is 0.0747. The topological polar surface area (TPSA) is 79.5 Å². The summed E-state index contributed by atoms with van der Waals surface area (Å²) in [4.78, 5) is 7.84. The van der Waals surface area contributed by atoms with Crippen molar-refractivity contribution < 1.29 is 14.2 Å². The first-order valence-electron chi connectivity index (χ1n) is 6.07. The highest BCUT2D eigenvalue weighted by molar-refractivity contribution is 5.24. The quantitative estimate of drug-likeness (QED) is 0.884. The first-order valence-corrected chi connectivity index (χ1v) is 6.07. The third kappa shape index (κ3) is 4.46. The molecule has 0 saturated carbocycles. The van der Waals surface area contributed by atoms with Crippen LogP contribution in [0.1, 0.15) is 27.7 Å². The number of nitrogens with two attached hydrogens (primary N) is 1. The number of hydrogen-bond donors (Lipinski definition) is 1. The van der Waals surface area contributed by atoms with E-state index in [1.54, 1.807) is 0 Å². The molecule has 0 radical (unpaired) electrons. The van der Waals surface area contributed by atoms with E-state index in [1.165, 1.54) is 12.4 Å². The highest BCUT2D eigenvalue weighted by atomic mass is 16.7. The van der Waals surface area contributed by atoms with E-state index >= 15 is 0 Å². The monoisotopic (exact) mass is 255 g/mol. The van der Waals surface area contributed by atoms with Gasteiger partial charge < -0.3 is 19.9 Å². The van der Waals surface area contributed by atoms with Gasteiger partial charge in [-0.05, 0) is 13.8 Å². The molecule has 0 bridgehead atoms. The van der Waals surface area contributed by atoms with E-state index in [1.807, 2.05) is 27.7 Å². The fourth-order valence-electron chi connectivity index (χ4n) is 1.42. The molecule has 1 aromatic heterocycles. The van der Waals surface area contributed by atoms with Crippen molar-refractivity contribution in [1.29, 1.82) is 0 Å². The Kier molecular flexibility index (Phi) is 5.30. The van der Waals surface area contributed by atoms with Gasteiger partial charge >= 0.3 is 0 Å². The Bertz CT molecular complexity index is 354. The lowest BCUT2D eigenvalue weighted by Crippen LogP contribution is -2.25. The highest BCUT2D eigenvalue weighted by Gasteiger charge is 2.32. The summed E-state index contributed by atoms with van der Waals surface area (Å²) in [6.07, 6.45) is 2.86. The van der Waals surface area contributed by atoms with Crippen LogP contribution in [0.15, 0.2) is 12.4 Å². The maximum absolute atomic E-state index is 5.57. The molecule has 1 fully saturated rings. The zero-order valence-electron chi connectivity index (χ0n) is 11.3. The summed E-state index contributed by atoms with van der Waals surface area (Å²) in [5.41, 5.74) is 5.41.